The van der Waals surface area contributed by atoms with Crippen LogP contribution in [0.4, 0.5) is 11.4 Å². The molecular formula is C20H25ClN2O5S. The summed E-state index contributed by atoms with van der Waals surface area (Å²) in [5.74, 6) is -0.765. The predicted molar refractivity (Wildman–Crippen MR) is 115 cm³/mol. The summed E-state index contributed by atoms with van der Waals surface area (Å²) < 4.78 is 32.8. The fraction of sp³-hybridized carbons (Fsp3) is 0.350. The number of nitrogens with one attached hydrogen (secondary N) is 1. The second-order valence-electron chi connectivity index (χ2n) is 6.37. The van der Waals surface area contributed by atoms with Crippen molar-refractivity contribution < 1.29 is 23.1 Å². The minimum Gasteiger partial charge on any atom is -0.495 e. The molecule has 0 aliphatic carbocycles. The van der Waals surface area contributed by atoms with E-state index < -0.39 is 16.0 Å². The first-order valence-electron chi connectivity index (χ1n) is 9.22. The summed E-state index contributed by atoms with van der Waals surface area (Å²) in [4.78, 5) is 13.7. The molecule has 0 heterocycles. The number of nitrogens with zero attached hydrogens (tertiary/aromatic N) is 1. The molecule has 0 aromatic heterocycles. The Morgan fingerprint density at radius 3 is 2.48 bits per heavy atom. The average molecular weight is 441 g/mol. The Kier molecular flexibility index (Phi) is 7.75. The van der Waals surface area contributed by atoms with E-state index in [2.05, 4.69) is 11.6 Å². The highest BCUT2D eigenvalue weighted by atomic mass is 35.5. The van der Waals surface area contributed by atoms with Crippen molar-refractivity contribution in [2.24, 2.45) is 0 Å². The Balaban J connectivity index is 2.36. The minimum atomic E-state index is -3.95. The largest absolute Gasteiger partial charge is 0.495 e. The van der Waals surface area contributed by atoms with E-state index in [4.69, 9.17) is 16.3 Å². The number of carbonyl (C=O) groups is 1. The van der Waals surface area contributed by atoms with Crippen LogP contribution in [0.25, 0.3) is 0 Å². The average Bonchev–Trinajstić information content (AvgIpc) is 2.68. The summed E-state index contributed by atoms with van der Waals surface area (Å²) in [5, 5.41) is 9.79. The molecule has 29 heavy (non-hydrogen) atoms. The number of unbranched alkanes of at least 4 members (excludes halogenated alkanes) is 1. The highest BCUT2D eigenvalue weighted by Gasteiger charge is 2.20. The van der Waals surface area contributed by atoms with E-state index in [1.54, 1.807) is 12.1 Å². The van der Waals surface area contributed by atoms with Crippen LogP contribution in [0.2, 0.25) is 5.02 Å². The van der Waals surface area contributed by atoms with Crippen molar-refractivity contribution in [1.82, 2.24) is 0 Å². The van der Waals surface area contributed by atoms with Crippen LogP contribution in [0, 0.1) is 0 Å². The number of sulfonamides is 1. The maximum atomic E-state index is 12.7. The molecule has 9 heteroatoms. The molecule has 7 nitrogen and oxygen atoms in total. The van der Waals surface area contributed by atoms with Crippen LogP contribution in [-0.4, -0.2) is 39.7 Å². The molecule has 0 saturated carbocycles. The fourth-order valence-corrected chi connectivity index (χ4v) is 4.27. The van der Waals surface area contributed by atoms with Gasteiger partial charge in [-0.25, -0.2) is 13.2 Å². The maximum Gasteiger partial charge on any atom is 0.337 e. The second-order valence-corrected chi connectivity index (χ2v) is 8.46. The normalized spacial score (nSPS) is 11.2. The second kappa shape index (κ2) is 9.84. The first-order valence-corrected chi connectivity index (χ1v) is 11.1. The van der Waals surface area contributed by atoms with Gasteiger partial charge in [0.15, 0.2) is 0 Å². The van der Waals surface area contributed by atoms with Crippen molar-refractivity contribution in [3.05, 3.63) is 47.0 Å². The number of carboxylic acids is 1. The van der Waals surface area contributed by atoms with Crippen LogP contribution in [-0.2, 0) is 10.0 Å². The zero-order valence-electron chi connectivity index (χ0n) is 16.6. The number of hydrogen-bond donors (Lipinski definition) is 2. The van der Waals surface area contributed by atoms with Gasteiger partial charge in [0.25, 0.3) is 10.0 Å². The number of hydrogen-bond acceptors (Lipinski definition) is 5. The number of halogens is 1. The van der Waals surface area contributed by atoms with Crippen LogP contribution >= 0.6 is 11.6 Å². The van der Waals surface area contributed by atoms with Crippen LogP contribution in [0.3, 0.4) is 0 Å². The summed E-state index contributed by atoms with van der Waals surface area (Å²) in [6.07, 6.45) is 1.92. The predicted octanol–water partition coefficient (Wildman–Crippen LogP) is 4.47. The molecule has 158 valence electrons. The zero-order valence-corrected chi connectivity index (χ0v) is 18.2. The van der Waals surface area contributed by atoms with Crippen molar-refractivity contribution >= 4 is 39.0 Å². The van der Waals surface area contributed by atoms with Gasteiger partial charge < -0.3 is 14.7 Å². The summed E-state index contributed by atoms with van der Waals surface area (Å²) >= 11 is 6.02. The number of anilines is 2. The summed E-state index contributed by atoms with van der Waals surface area (Å²) in [5.41, 5.74) is 0.754. The number of benzene rings is 2. The topological polar surface area (TPSA) is 95.9 Å². The van der Waals surface area contributed by atoms with Crippen LogP contribution < -0.4 is 14.4 Å². The van der Waals surface area contributed by atoms with Crippen molar-refractivity contribution in [1.29, 1.82) is 0 Å². The molecule has 0 spiro atoms. The van der Waals surface area contributed by atoms with Crippen molar-refractivity contribution in [2.45, 2.75) is 31.6 Å². The Hall–Kier alpha value is -2.45. The quantitative estimate of drug-likeness (QED) is 0.565. The number of aromatic carboxylic acids is 1. The van der Waals surface area contributed by atoms with E-state index in [1.807, 2.05) is 11.8 Å². The molecule has 2 aromatic carbocycles. The SMILES string of the molecule is CCCCN(CC)c1ccc(NS(=O)(=O)c2ccc(OC)c(Cl)c2)cc1C(=O)O. The first kappa shape index (κ1) is 22.8. The Bertz CT molecular complexity index is 979. The van der Waals surface area contributed by atoms with Crippen LogP contribution in [0.1, 0.15) is 37.0 Å². The van der Waals surface area contributed by atoms with E-state index in [9.17, 15) is 18.3 Å². The maximum absolute atomic E-state index is 12.7. The molecule has 0 saturated heterocycles. The summed E-state index contributed by atoms with van der Waals surface area (Å²) in [6, 6.07) is 8.60. The molecule has 0 aliphatic rings. The number of methoxy groups -OCH3 is 1. The summed E-state index contributed by atoms with van der Waals surface area (Å²) in [6.45, 7) is 5.39. The minimum absolute atomic E-state index is 0.0379. The molecular weight excluding hydrogens is 416 g/mol. The van der Waals surface area contributed by atoms with Crippen molar-refractivity contribution in [3.63, 3.8) is 0 Å². The van der Waals surface area contributed by atoms with E-state index in [0.717, 1.165) is 19.4 Å². The van der Waals surface area contributed by atoms with E-state index in [1.165, 1.54) is 31.4 Å². The van der Waals surface area contributed by atoms with E-state index >= 15 is 0 Å². The van der Waals surface area contributed by atoms with Gasteiger partial charge in [-0.3, -0.25) is 4.72 Å². The fourth-order valence-electron chi connectivity index (χ4n) is 2.87. The van der Waals surface area contributed by atoms with Gasteiger partial charge in [-0.2, -0.15) is 0 Å². The third-order valence-electron chi connectivity index (χ3n) is 4.42. The molecule has 0 amide bonds. The molecule has 2 aromatic rings. The highest BCUT2D eigenvalue weighted by molar-refractivity contribution is 7.92. The van der Waals surface area contributed by atoms with Crippen molar-refractivity contribution in [3.8, 4) is 5.75 Å². The van der Waals surface area contributed by atoms with Crippen molar-refractivity contribution in [2.75, 3.05) is 29.8 Å². The highest BCUT2D eigenvalue weighted by Crippen LogP contribution is 2.29. The van der Waals surface area contributed by atoms with Crippen LogP contribution in [0.5, 0.6) is 5.75 Å². The third kappa shape index (κ3) is 5.55. The molecule has 0 fully saturated rings. The zero-order chi connectivity index (χ0) is 21.6. The van der Waals surface area contributed by atoms with Gasteiger partial charge in [-0.15, -0.1) is 0 Å². The smallest absolute Gasteiger partial charge is 0.337 e. The lowest BCUT2D eigenvalue weighted by Gasteiger charge is -2.25. The number of rotatable bonds is 10. The van der Waals surface area contributed by atoms with Crippen LogP contribution in [0.15, 0.2) is 41.3 Å². The molecule has 0 atom stereocenters. The molecule has 0 unspecified atom stereocenters. The standard InChI is InChI=1S/C20H25ClN2O5S/c1-4-6-11-23(5-2)18-9-7-14(12-16(18)20(24)25)22-29(26,27)15-8-10-19(28-3)17(21)13-15/h7-10,12-13,22H,4-6,11H2,1-3H3,(H,24,25). The van der Waals surface area contributed by atoms with Gasteiger partial charge in [-0.05, 0) is 49.7 Å². The van der Waals surface area contributed by atoms with E-state index in [-0.39, 0.29) is 21.2 Å². The Morgan fingerprint density at radius 2 is 1.93 bits per heavy atom. The number of ether oxygens (including phenoxy) is 1. The number of carboxylic acid groups (broad SMARTS) is 1. The Morgan fingerprint density at radius 1 is 1.21 bits per heavy atom. The lowest BCUT2D eigenvalue weighted by atomic mass is 10.1. The van der Waals surface area contributed by atoms with Gasteiger partial charge in [0, 0.05) is 18.8 Å². The monoisotopic (exact) mass is 440 g/mol. The lowest BCUT2D eigenvalue weighted by Crippen LogP contribution is -2.26. The Labute approximate surface area is 176 Å². The molecule has 0 radical (unpaired) electrons. The molecule has 2 N–H and O–H groups in total. The first-order chi connectivity index (χ1) is 13.7. The molecule has 2 rings (SSSR count). The van der Waals surface area contributed by atoms with Gasteiger partial charge in [-0.1, -0.05) is 24.9 Å². The van der Waals surface area contributed by atoms with Gasteiger partial charge in [0.1, 0.15) is 5.75 Å². The van der Waals surface area contributed by atoms with Gasteiger partial charge in [0.2, 0.25) is 0 Å². The lowest BCUT2D eigenvalue weighted by molar-refractivity contribution is 0.0697. The van der Waals surface area contributed by atoms with Gasteiger partial charge in [0.05, 0.1) is 28.3 Å². The summed E-state index contributed by atoms with van der Waals surface area (Å²) in [7, 11) is -2.52. The molecule has 0 aliphatic heterocycles. The third-order valence-corrected chi connectivity index (χ3v) is 6.09. The van der Waals surface area contributed by atoms with E-state index in [0.29, 0.717) is 18.0 Å². The van der Waals surface area contributed by atoms with Gasteiger partial charge >= 0.3 is 5.97 Å². The molecule has 0 bridgehead atoms.